The second-order valence-electron chi connectivity index (χ2n) is 4.15. The van der Waals surface area contributed by atoms with Gasteiger partial charge in [-0.2, -0.15) is 14.7 Å². The minimum atomic E-state index is -4.22. The normalized spacial score (nSPS) is 11.0. The van der Waals surface area contributed by atoms with E-state index in [1.165, 1.54) is 0 Å². The van der Waals surface area contributed by atoms with Crippen molar-refractivity contribution < 1.29 is 34.1 Å². The highest BCUT2D eigenvalue weighted by atomic mass is 31.2. The van der Waals surface area contributed by atoms with Crippen LogP contribution in [-0.4, -0.2) is 43.1 Å². The van der Waals surface area contributed by atoms with Crippen molar-refractivity contribution >= 4 is 25.1 Å². The van der Waals surface area contributed by atoms with E-state index in [1.807, 2.05) is 0 Å². The van der Waals surface area contributed by atoms with Crippen LogP contribution >= 0.6 is 7.94 Å². The third-order valence-corrected chi connectivity index (χ3v) is 3.15. The number of hydrogen-bond donors (Lipinski definition) is 3. The number of carbonyl (C=O) groups is 1. The van der Waals surface area contributed by atoms with Gasteiger partial charge in [0, 0.05) is 12.5 Å². The molecule has 0 fully saturated rings. The Bertz CT molecular complexity index is 599. The Kier molecular flexibility index (Phi) is 5.83. The number of non-ortho nitro benzene ring substituents is 1. The number of nitrogens with zero attached hydrogens (tertiary/aromatic N) is 2. The van der Waals surface area contributed by atoms with Crippen LogP contribution in [0.25, 0.3) is 0 Å². The summed E-state index contributed by atoms with van der Waals surface area (Å²) in [5, 5.41) is 21.4. The van der Waals surface area contributed by atoms with Gasteiger partial charge in [-0.25, -0.2) is 0 Å². The average molecular weight is 335 g/mol. The first-order valence-electron chi connectivity index (χ1n) is 5.74. The van der Waals surface area contributed by atoms with Crippen molar-refractivity contribution in [1.29, 1.82) is 0 Å². The predicted octanol–water partition coefficient (Wildman–Crippen LogP) is 0.580. The molecule has 3 N–H and O–H groups in total. The maximum atomic E-state index is 11.3. The highest BCUT2D eigenvalue weighted by molar-refractivity contribution is 7.59. The Morgan fingerprint density at radius 2 is 1.82 bits per heavy atom. The van der Waals surface area contributed by atoms with Crippen molar-refractivity contribution in [2.75, 3.05) is 12.8 Å². The van der Waals surface area contributed by atoms with E-state index in [-0.39, 0.29) is 18.8 Å². The van der Waals surface area contributed by atoms with E-state index in [4.69, 9.17) is 19.4 Å². The SMILES string of the molecule is O=C(CCOc1ccc([N+](=O)[O-])cc1[N+](=O)[O-])C[P+](O)(O)O. The Morgan fingerprint density at radius 1 is 1.18 bits per heavy atom. The van der Waals surface area contributed by atoms with Crippen LogP contribution in [0, 0.1) is 20.2 Å². The van der Waals surface area contributed by atoms with Gasteiger partial charge in [-0.15, -0.1) is 0 Å². The molecule has 0 radical (unpaired) electrons. The molecule has 1 aromatic carbocycles. The van der Waals surface area contributed by atoms with E-state index in [0.29, 0.717) is 0 Å². The third kappa shape index (κ3) is 5.66. The lowest BCUT2D eigenvalue weighted by Crippen LogP contribution is -2.13. The third-order valence-electron chi connectivity index (χ3n) is 2.38. The Balaban J connectivity index is 2.72. The highest BCUT2D eigenvalue weighted by Crippen LogP contribution is 2.44. The zero-order chi connectivity index (χ0) is 16.9. The quantitative estimate of drug-likeness (QED) is 0.348. The number of ketones is 1. The fourth-order valence-electron chi connectivity index (χ4n) is 1.47. The molecule has 0 heterocycles. The summed E-state index contributed by atoms with van der Waals surface area (Å²) in [5.41, 5.74) is -1.11. The number of nitro groups is 2. The molecule has 22 heavy (non-hydrogen) atoms. The summed E-state index contributed by atoms with van der Waals surface area (Å²) in [7, 11) is -4.22. The van der Waals surface area contributed by atoms with Crippen molar-refractivity contribution in [1.82, 2.24) is 0 Å². The molecule has 0 aliphatic rings. The van der Waals surface area contributed by atoms with Gasteiger partial charge in [0.05, 0.1) is 22.5 Å². The van der Waals surface area contributed by atoms with E-state index in [0.717, 1.165) is 18.2 Å². The molecule has 0 aliphatic carbocycles. The van der Waals surface area contributed by atoms with E-state index < -0.39 is 41.1 Å². The Morgan fingerprint density at radius 3 is 2.32 bits per heavy atom. The second kappa shape index (κ2) is 7.18. The van der Waals surface area contributed by atoms with Crippen LogP contribution in [0.15, 0.2) is 18.2 Å². The van der Waals surface area contributed by atoms with E-state index in [9.17, 15) is 25.0 Å². The molecule has 1 rings (SSSR count). The molecule has 11 nitrogen and oxygen atoms in total. The van der Waals surface area contributed by atoms with Crippen LogP contribution in [0.2, 0.25) is 0 Å². The molecule has 0 bridgehead atoms. The molecular weight excluding hydrogens is 323 g/mol. The summed E-state index contributed by atoms with van der Waals surface area (Å²) in [6.45, 7) is -0.322. The Labute approximate surface area is 123 Å². The highest BCUT2D eigenvalue weighted by Gasteiger charge is 2.33. The number of Topliss-reactive ketones (excluding diaryl/α,β-unsaturated/α-hetero) is 1. The molecule has 0 aliphatic heterocycles. The number of carbonyl (C=O) groups excluding carboxylic acids is 1. The van der Waals surface area contributed by atoms with E-state index in [2.05, 4.69) is 0 Å². The lowest BCUT2D eigenvalue weighted by molar-refractivity contribution is -0.394. The second-order valence-corrected chi connectivity index (χ2v) is 5.86. The van der Waals surface area contributed by atoms with Crippen molar-refractivity contribution in [3.63, 3.8) is 0 Å². The zero-order valence-electron chi connectivity index (χ0n) is 11.0. The maximum absolute atomic E-state index is 11.3. The van der Waals surface area contributed by atoms with E-state index in [1.54, 1.807) is 0 Å². The molecule has 0 saturated heterocycles. The molecule has 120 valence electrons. The van der Waals surface area contributed by atoms with Gasteiger partial charge in [0.2, 0.25) is 0 Å². The van der Waals surface area contributed by atoms with Gasteiger partial charge in [-0.3, -0.25) is 25.0 Å². The van der Waals surface area contributed by atoms with Gasteiger partial charge in [0.1, 0.15) is 0 Å². The molecule has 0 saturated carbocycles. The monoisotopic (exact) mass is 335 g/mol. The van der Waals surface area contributed by atoms with Crippen molar-refractivity contribution in [2.24, 2.45) is 0 Å². The summed E-state index contributed by atoms with van der Waals surface area (Å²) in [4.78, 5) is 57.1. The zero-order valence-corrected chi connectivity index (χ0v) is 11.9. The number of hydrogen-bond acceptors (Lipinski definition) is 9. The molecule has 0 atom stereocenters. The first kappa shape index (κ1) is 17.9. The number of nitro benzene ring substituents is 2. The molecule has 1 aromatic rings. The Hall–Kier alpha value is -2.20. The molecule has 0 unspecified atom stereocenters. The van der Waals surface area contributed by atoms with Gasteiger partial charge in [0.25, 0.3) is 5.69 Å². The maximum Gasteiger partial charge on any atom is 0.411 e. The average Bonchev–Trinajstić information content (AvgIpc) is 2.36. The smallest absolute Gasteiger partial charge is 0.411 e. The van der Waals surface area contributed by atoms with Crippen molar-refractivity contribution in [3.8, 4) is 5.75 Å². The summed E-state index contributed by atoms with van der Waals surface area (Å²) in [6.07, 6.45) is -1.16. The van der Waals surface area contributed by atoms with E-state index >= 15 is 0 Å². The van der Waals surface area contributed by atoms with Crippen LogP contribution < -0.4 is 4.74 Å². The van der Waals surface area contributed by atoms with Gasteiger partial charge >= 0.3 is 13.6 Å². The first-order chi connectivity index (χ1) is 10.1. The van der Waals surface area contributed by atoms with Gasteiger partial charge in [0.15, 0.2) is 17.7 Å². The lowest BCUT2D eigenvalue weighted by Gasteiger charge is -2.06. The number of rotatable bonds is 8. The first-order valence-corrected chi connectivity index (χ1v) is 7.57. The molecule has 0 amide bonds. The lowest BCUT2D eigenvalue weighted by atomic mass is 10.2. The molecule has 0 spiro atoms. The predicted molar refractivity (Wildman–Crippen MR) is 73.3 cm³/mol. The van der Waals surface area contributed by atoms with Crippen LogP contribution in [-0.2, 0) is 4.79 Å². The fraction of sp³-hybridized carbons (Fsp3) is 0.300. The standard InChI is InChI=1S/C10H12N2O9P/c13-8(6-22(18,19)20)3-4-21-10-2-1-7(11(14)15)5-9(10)12(16)17/h1-2,5,18-20H,3-4,6H2/q+1. The topological polar surface area (TPSA) is 173 Å². The molecule has 12 heteroatoms. The molecular formula is C10H12N2O9P+. The summed E-state index contributed by atoms with van der Waals surface area (Å²) in [6, 6.07) is 2.76. The van der Waals surface area contributed by atoms with Crippen LogP contribution in [0.5, 0.6) is 5.75 Å². The fourth-order valence-corrected chi connectivity index (χ4v) is 2.11. The van der Waals surface area contributed by atoms with Crippen molar-refractivity contribution in [2.45, 2.75) is 6.42 Å². The van der Waals surface area contributed by atoms with Crippen LogP contribution in [0.1, 0.15) is 6.42 Å². The number of benzene rings is 1. The van der Waals surface area contributed by atoms with Crippen LogP contribution in [0.3, 0.4) is 0 Å². The summed E-state index contributed by atoms with van der Waals surface area (Å²) in [5.74, 6) is -0.966. The van der Waals surface area contributed by atoms with Gasteiger partial charge in [-0.1, -0.05) is 0 Å². The minimum Gasteiger partial charge on any atom is -0.486 e. The largest absolute Gasteiger partial charge is 0.486 e. The summed E-state index contributed by atoms with van der Waals surface area (Å²) >= 11 is 0. The van der Waals surface area contributed by atoms with Crippen molar-refractivity contribution in [3.05, 3.63) is 38.4 Å². The van der Waals surface area contributed by atoms with Gasteiger partial charge < -0.3 is 4.74 Å². The molecule has 0 aromatic heterocycles. The minimum absolute atomic E-state index is 0.263. The number of ether oxygens (including phenoxy) is 1. The summed E-state index contributed by atoms with van der Waals surface area (Å²) < 4.78 is 5.00. The van der Waals surface area contributed by atoms with Gasteiger partial charge in [-0.05, 0) is 6.07 Å². The van der Waals surface area contributed by atoms with Crippen LogP contribution in [0.4, 0.5) is 11.4 Å².